The van der Waals surface area contributed by atoms with E-state index in [0.29, 0.717) is 16.7 Å². The van der Waals surface area contributed by atoms with Gasteiger partial charge in [-0.1, -0.05) is 0 Å². The van der Waals surface area contributed by atoms with Crippen LogP contribution >= 0.6 is 0 Å². The summed E-state index contributed by atoms with van der Waals surface area (Å²) in [6.07, 6.45) is 3.05. The summed E-state index contributed by atoms with van der Waals surface area (Å²) < 4.78 is 26.8. The molecule has 1 heterocycles. The van der Waals surface area contributed by atoms with Gasteiger partial charge >= 0.3 is 0 Å². The summed E-state index contributed by atoms with van der Waals surface area (Å²) in [5.41, 5.74) is 1.46. The summed E-state index contributed by atoms with van der Waals surface area (Å²) in [6.45, 7) is 3.28. The number of aromatic nitrogens is 2. The summed E-state index contributed by atoms with van der Waals surface area (Å²) in [6, 6.07) is 2.49. The highest BCUT2D eigenvalue weighted by Gasteiger charge is 2.21. The van der Waals surface area contributed by atoms with Gasteiger partial charge < -0.3 is 0 Å². The summed E-state index contributed by atoms with van der Waals surface area (Å²) in [7, 11) is -3.83. The van der Waals surface area contributed by atoms with E-state index in [-0.39, 0.29) is 17.1 Å². The molecule has 21 heavy (non-hydrogen) atoms. The highest BCUT2D eigenvalue weighted by molar-refractivity contribution is 7.89. The van der Waals surface area contributed by atoms with Gasteiger partial charge in [0.1, 0.15) is 0 Å². The maximum atomic E-state index is 12.2. The zero-order chi connectivity index (χ0) is 15.6. The van der Waals surface area contributed by atoms with Crippen molar-refractivity contribution in [3.63, 3.8) is 0 Å². The molecule has 0 fully saturated rings. The number of H-pyrrole nitrogens is 1. The largest absolute Gasteiger partial charge is 0.285 e. The first-order valence-corrected chi connectivity index (χ1v) is 7.52. The molecule has 0 atom stereocenters. The van der Waals surface area contributed by atoms with Crippen LogP contribution in [0.5, 0.6) is 0 Å². The van der Waals surface area contributed by atoms with Crippen LogP contribution in [0.15, 0.2) is 29.4 Å². The van der Waals surface area contributed by atoms with Crippen molar-refractivity contribution in [1.82, 2.24) is 14.9 Å². The lowest BCUT2D eigenvalue weighted by molar-refractivity contribution is -0.385. The predicted octanol–water partition coefficient (Wildman–Crippen LogP) is 1.41. The van der Waals surface area contributed by atoms with E-state index in [4.69, 9.17) is 0 Å². The van der Waals surface area contributed by atoms with E-state index < -0.39 is 14.9 Å². The number of benzene rings is 1. The molecule has 0 radical (unpaired) electrons. The van der Waals surface area contributed by atoms with Gasteiger partial charge in [0.05, 0.1) is 16.0 Å². The van der Waals surface area contributed by atoms with Gasteiger partial charge in [0.2, 0.25) is 10.0 Å². The fourth-order valence-corrected chi connectivity index (χ4v) is 2.91. The lowest BCUT2D eigenvalue weighted by atomic mass is 10.1. The normalized spacial score (nSPS) is 11.5. The van der Waals surface area contributed by atoms with Crippen LogP contribution in [0.25, 0.3) is 0 Å². The summed E-state index contributed by atoms with van der Waals surface area (Å²) >= 11 is 0. The molecule has 0 bridgehead atoms. The zero-order valence-corrected chi connectivity index (χ0v) is 12.3. The average Bonchev–Trinajstić information content (AvgIpc) is 2.92. The number of rotatable bonds is 5. The second kappa shape index (κ2) is 5.62. The number of hydrogen-bond acceptors (Lipinski definition) is 5. The third-order valence-electron chi connectivity index (χ3n) is 3.14. The molecule has 0 spiro atoms. The van der Waals surface area contributed by atoms with Crippen LogP contribution in [0.1, 0.15) is 16.7 Å². The lowest BCUT2D eigenvalue weighted by Gasteiger charge is -2.08. The molecule has 9 heteroatoms. The fraction of sp³-hybridized carbons (Fsp3) is 0.250. The van der Waals surface area contributed by atoms with E-state index in [1.165, 1.54) is 12.3 Å². The Balaban J connectivity index is 2.33. The first-order chi connectivity index (χ1) is 9.81. The minimum atomic E-state index is -3.83. The maximum absolute atomic E-state index is 12.2. The van der Waals surface area contributed by atoms with Gasteiger partial charge in [-0.15, -0.1) is 0 Å². The number of nitrogens with one attached hydrogen (secondary N) is 2. The van der Waals surface area contributed by atoms with Crippen LogP contribution in [0, 0.1) is 24.0 Å². The monoisotopic (exact) mass is 310 g/mol. The van der Waals surface area contributed by atoms with Crippen LogP contribution in [0.4, 0.5) is 5.69 Å². The van der Waals surface area contributed by atoms with Crippen molar-refractivity contribution in [3.8, 4) is 0 Å². The maximum Gasteiger partial charge on any atom is 0.273 e. The number of hydrogen-bond donors (Lipinski definition) is 2. The van der Waals surface area contributed by atoms with E-state index in [0.717, 1.165) is 6.07 Å². The van der Waals surface area contributed by atoms with Crippen LogP contribution in [0.2, 0.25) is 0 Å². The van der Waals surface area contributed by atoms with Crippen molar-refractivity contribution in [3.05, 3.63) is 51.3 Å². The molecule has 112 valence electrons. The van der Waals surface area contributed by atoms with Gasteiger partial charge in [-0.2, -0.15) is 5.10 Å². The molecule has 2 aromatic rings. The first-order valence-electron chi connectivity index (χ1n) is 6.04. The first kappa shape index (κ1) is 15.1. The molecule has 0 aliphatic heterocycles. The summed E-state index contributed by atoms with van der Waals surface area (Å²) in [5, 5.41) is 17.3. The molecule has 8 nitrogen and oxygen atoms in total. The molecule has 1 aromatic carbocycles. The number of nitro groups is 1. The molecular formula is C12H14N4O4S. The molecule has 0 saturated heterocycles. The van der Waals surface area contributed by atoms with E-state index in [9.17, 15) is 18.5 Å². The Labute approximate surface area is 121 Å². The van der Waals surface area contributed by atoms with Crippen LogP contribution in [-0.4, -0.2) is 23.5 Å². The molecule has 2 N–H and O–H groups in total. The van der Waals surface area contributed by atoms with Crippen molar-refractivity contribution in [2.75, 3.05) is 0 Å². The number of nitrogens with zero attached hydrogens (tertiary/aromatic N) is 2. The quantitative estimate of drug-likeness (QED) is 0.639. The van der Waals surface area contributed by atoms with E-state index in [2.05, 4.69) is 14.9 Å². The molecule has 0 amide bonds. The number of nitro benzene ring substituents is 1. The minimum absolute atomic E-state index is 0.0551. The van der Waals surface area contributed by atoms with Gasteiger partial charge in [0, 0.05) is 29.9 Å². The van der Waals surface area contributed by atoms with Gasteiger partial charge in [-0.25, -0.2) is 13.1 Å². The summed E-state index contributed by atoms with van der Waals surface area (Å²) in [5.74, 6) is 0. The zero-order valence-electron chi connectivity index (χ0n) is 11.5. The van der Waals surface area contributed by atoms with Crippen molar-refractivity contribution in [2.45, 2.75) is 25.3 Å². The Morgan fingerprint density at radius 2 is 2.10 bits per heavy atom. The second-order valence-corrected chi connectivity index (χ2v) is 6.34. The standard InChI is InChI=1S/C12H14N4O4S/c1-8-3-11(4-12(9(8)2)16(17)18)21(19,20)15-7-10-5-13-14-6-10/h3-6,15H,7H2,1-2H3,(H,13,14). The number of aryl methyl sites for hydroxylation is 1. The Hall–Kier alpha value is -2.26. The Kier molecular flexibility index (Phi) is 4.05. The van der Waals surface area contributed by atoms with Crippen molar-refractivity contribution < 1.29 is 13.3 Å². The van der Waals surface area contributed by atoms with Gasteiger partial charge in [-0.3, -0.25) is 15.2 Å². The third-order valence-corrected chi connectivity index (χ3v) is 4.52. The Morgan fingerprint density at radius 3 is 2.67 bits per heavy atom. The van der Waals surface area contributed by atoms with Crippen molar-refractivity contribution >= 4 is 15.7 Å². The average molecular weight is 310 g/mol. The van der Waals surface area contributed by atoms with Crippen molar-refractivity contribution in [1.29, 1.82) is 0 Å². The fourth-order valence-electron chi connectivity index (χ4n) is 1.79. The lowest BCUT2D eigenvalue weighted by Crippen LogP contribution is -2.23. The topological polar surface area (TPSA) is 118 Å². The van der Waals surface area contributed by atoms with Gasteiger partial charge in [0.25, 0.3) is 5.69 Å². The highest BCUT2D eigenvalue weighted by Crippen LogP contribution is 2.25. The number of sulfonamides is 1. The van der Waals surface area contributed by atoms with E-state index in [1.807, 2.05) is 0 Å². The van der Waals surface area contributed by atoms with Crippen LogP contribution in [-0.2, 0) is 16.6 Å². The highest BCUT2D eigenvalue weighted by atomic mass is 32.2. The second-order valence-electron chi connectivity index (χ2n) is 4.57. The predicted molar refractivity (Wildman–Crippen MR) is 75.2 cm³/mol. The molecule has 0 aliphatic rings. The van der Waals surface area contributed by atoms with Gasteiger partial charge in [-0.05, 0) is 25.5 Å². The van der Waals surface area contributed by atoms with Crippen LogP contribution < -0.4 is 4.72 Å². The number of aromatic amines is 1. The Morgan fingerprint density at radius 1 is 1.38 bits per heavy atom. The van der Waals surface area contributed by atoms with E-state index in [1.54, 1.807) is 20.0 Å². The third kappa shape index (κ3) is 3.26. The van der Waals surface area contributed by atoms with Gasteiger partial charge in [0.15, 0.2) is 0 Å². The smallest absolute Gasteiger partial charge is 0.273 e. The SMILES string of the molecule is Cc1cc(S(=O)(=O)NCc2cn[nH]c2)cc([N+](=O)[O-])c1C. The minimum Gasteiger partial charge on any atom is -0.285 e. The Bertz CT molecular complexity index is 769. The van der Waals surface area contributed by atoms with Crippen LogP contribution in [0.3, 0.4) is 0 Å². The molecular weight excluding hydrogens is 296 g/mol. The van der Waals surface area contributed by atoms with Crippen molar-refractivity contribution in [2.24, 2.45) is 0 Å². The molecule has 0 unspecified atom stereocenters. The molecule has 0 saturated carbocycles. The molecule has 0 aliphatic carbocycles. The van der Waals surface area contributed by atoms with E-state index >= 15 is 0 Å². The molecule has 1 aromatic heterocycles. The molecule has 2 rings (SSSR count). The summed E-state index contributed by atoms with van der Waals surface area (Å²) in [4.78, 5) is 10.3.